The zero-order chi connectivity index (χ0) is 18.9. The summed E-state index contributed by atoms with van der Waals surface area (Å²) in [4.78, 5) is 23.8. The quantitative estimate of drug-likeness (QED) is 0.595. The summed E-state index contributed by atoms with van der Waals surface area (Å²) < 4.78 is 0. The molecular formula is C23H23N3OS. The molecule has 28 heavy (non-hydrogen) atoms. The van der Waals surface area contributed by atoms with Crippen LogP contribution in [0.25, 0.3) is 21.8 Å². The zero-order valence-corrected chi connectivity index (χ0v) is 16.6. The predicted molar refractivity (Wildman–Crippen MR) is 113 cm³/mol. The van der Waals surface area contributed by atoms with Crippen molar-refractivity contribution < 1.29 is 4.79 Å². The third kappa shape index (κ3) is 3.24. The van der Waals surface area contributed by atoms with E-state index >= 15 is 0 Å². The van der Waals surface area contributed by atoms with Gasteiger partial charge < -0.3 is 4.90 Å². The summed E-state index contributed by atoms with van der Waals surface area (Å²) in [6.07, 6.45) is 10.9. The standard InChI is InChI=1S/C23H23N3OS/c27-22-7-3-4-18-14-17(8-9-21(18)26(22)19-5-1-2-6-19)20-15-28-23(25-20)16-10-12-24-13-11-16/h8-15,19H,1-7H2. The predicted octanol–water partition coefficient (Wildman–Crippen LogP) is 5.48. The Morgan fingerprint density at radius 3 is 2.61 bits per heavy atom. The first-order valence-corrected chi connectivity index (χ1v) is 11.0. The highest BCUT2D eigenvalue weighted by molar-refractivity contribution is 7.13. The van der Waals surface area contributed by atoms with Gasteiger partial charge in [0.05, 0.1) is 5.69 Å². The molecule has 2 aliphatic rings. The second kappa shape index (κ2) is 7.47. The number of carbonyl (C=O) groups excluding carboxylic acids is 1. The minimum atomic E-state index is 0.298. The van der Waals surface area contributed by atoms with E-state index in [9.17, 15) is 4.79 Å². The molecule has 3 aromatic rings. The summed E-state index contributed by atoms with van der Waals surface area (Å²) in [5, 5.41) is 3.13. The molecule has 1 saturated carbocycles. The lowest BCUT2D eigenvalue weighted by atomic mass is 10.0. The Morgan fingerprint density at radius 1 is 0.964 bits per heavy atom. The van der Waals surface area contributed by atoms with Gasteiger partial charge in [0, 0.05) is 47.1 Å². The highest BCUT2D eigenvalue weighted by Crippen LogP contribution is 2.37. The molecule has 1 aliphatic heterocycles. The number of aromatic nitrogens is 2. The topological polar surface area (TPSA) is 46.1 Å². The number of pyridine rings is 1. The SMILES string of the molecule is O=C1CCCc2cc(-c3csc(-c4ccncc4)n3)ccc2N1C1CCCC1. The summed E-state index contributed by atoms with van der Waals surface area (Å²) >= 11 is 1.66. The van der Waals surface area contributed by atoms with E-state index in [2.05, 4.69) is 33.5 Å². The van der Waals surface area contributed by atoms with Crippen molar-refractivity contribution in [2.75, 3.05) is 4.90 Å². The van der Waals surface area contributed by atoms with Crippen molar-refractivity contribution in [3.05, 3.63) is 53.7 Å². The molecule has 5 heteroatoms. The van der Waals surface area contributed by atoms with Gasteiger partial charge in [0.15, 0.2) is 0 Å². The van der Waals surface area contributed by atoms with Crippen molar-refractivity contribution in [2.24, 2.45) is 0 Å². The van der Waals surface area contributed by atoms with Crippen LogP contribution in [-0.2, 0) is 11.2 Å². The molecule has 142 valence electrons. The highest BCUT2D eigenvalue weighted by Gasteiger charge is 2.31. The number of fused-ring (bicyclic) bond motifs is 1. The van der Waals surface area contributed by atoms with Crippen LogP contribution in [-0.4, -0.2) is 21.9 Å². The van der Waals surface area contributed by atoms with Crippen LogP contribution in [0.4, 0.5) is 5.69 Å². The average molecular weight is 390 g/mol. The lowest BCUT2D eigenvalue weighted by Crippen LogP contribution is -2.38. The molecular weight excluding hydrogens is 366 g/mol. The van der Waals surface area contributed by atoms with E-state index < -0.39 is 0 Å². The summed E-state index contributed by atoms with van der Waals surface area (Å²) in [5.74, 6) is 0.298. The molecule has 1 aliphatic carbocycles. The van der Waals surface area contributed by atoms with Crippen molar-refractivity contribution in [1.82, 2.24) is 9.97 Å². The molecule has 2 aromatic heterocycles. The number of nitrogens with zero attached hydrogens (tertiary/aromatic N) is 3. The van der Waals surface area contributed by atoms with E-state index in [1.807, 2.05) is 12.1 Å². The Balaban J connectivity index is 1.49. The van der Waals surface area contributed by atoms with Crippen molar-refractivity contribution in [1.29, 1.82) is 0 Å². The Hall–Kier alpha value is -2.53. The molecule has 4 nitrogen and oxygen atoms in total. The normalized spacial score (nSPS) is 17.6. The van der Waals surface area contributed by atoms with E-state index in [1.165, 1.54) is 18.4 Å². The number of carbonyl (C=O) groups is 1. The third-order valence-electron chi connectivity index (χ3n) is 5.86. The Labute approximate surface area is 169 Å². The van der Waals surface area contributed by atoms with Crippen molar-refractivity contribution in [3.63, 3.8) is 0 Å². The molecule has 1 amide bonds. The van der Waals surface area contributed by atoms with Gasteiger partial charge in [-0.25, -0.2) is 4.98 Å². The van der Waals surface area contributed by atoms with Gasteiger partial charge in [-0.15, -0.1) is 11.3 Å². The monoisotopic (exact) mass is 389 g/mol. The number of hydrogen-bond donors (Lipinski definition) is 0. The van der Waals surface area contributed by atoms with E-state index in [0.717, 1.165) is 53.2 Å². The van der Waals surface area contributed by atoms with Gasteiger partial charge in [-0.1, -0.05) is 18.9 Å². The summed E-state index contributed by atoms with van der Waals surface area (Å²) in [6, 6.07) is 10.9. The smallest absolute Gasteiger partial charge is 0.227 e. The molecule has 1 fully saturated rings. The van der Waals surface area contributed by atoms with Crippen LogP contribution in [0, 0.1) is 0 Å². The largest absolute Gasteiger partial charge is 0.309 e. The van der Waals surface area contributed by atoms with Crippen molar-refractivity contribution >= 4 is 22.9 Å². The maximum atomic E-state index is 12.8. The fourth-order valence-corrected chi connectivity index (χ4v) is 5.30. The summed E-state index contributed by atoms with van der Waals surface area (Å²) in [7, 11) is 0. The average Bonchev–Trinajstić information content (AvgIpc) is 3.40. The number of benzene rings is 1. The molecule has 0 radical (unpaired) electrons. The number of thiazole rings is 1. The molecule has 0 saturated heterocycles. The molecule has 0 spiro atoms. The molecule has 0 N–H and O–H groups in total. The molecule has 1 aromatic carbocycles. The van der Waals surface area contributed by atoms with Gasteiger partial charge in [-0.2, -0.15) is 0 Å². The highest BCUT2D eigenvalue weighted by atomic mass is 32.1. The number of aryl methyl sites for hydroxylation is 1. The maximum Gasteiger partial charge on any atom is 0.227 e. The van der Waals surface area contributed by atoms with Crippen LogP contribution in [0.3, 0.4) is 0 Å². The van der Waals surface area contributed by atoms with E-state index in [-0.39, 0.29) is 0 Å². The van der Waals surface area contributed by atoms with E-state index in [1.54, 1.807) is 23.7 Å². The van der Waals surface area contributed by atoms with Gasteiger partial charge in [-0.05, 0) is 55.5 Å². The first kappa shape index (κ1) is 17.6. The van der Waals surface area contributed by atoms with E-state index in [0.29, 0.717) is 18.4 Å². The minimum Gasteiger partial charge on any atom is -0.309 e. The second-order valence-electron chi connectivity index (χ2n) is 7.67. The molecule has 0 bridgehead atoms. The van der Waals surface area contributed by atoms with Crippen LogP contribution in [0.5, 0.6) is 0 Å². The van der Waals surface area contributed by atoms with Crippen LogP contribution >= 0.6 is 11.3 Å². The maximum absolute atomic E-state index is 12.8. The number of amides is 1. The lowest BCUT2D eigenvalue weighted by Gasteiger charge is -2.29. The second-order valence-corrected chi connectivity index (χ2v) is 8.53. The zero-order valence-electron chi connectivity index (χ0n) is 15.8. The summed E-state index contributed by atoms with van der Waals surface area (Å²) in [6.45, 7) is 0. The van der Waals surface area contributed by atoms with E-state index in [4.69, 9.17) is 4.98 Å². The number of rotatable bonds is 3. The van der Waals surface area contributed by atoms with Crippen LogP contribution in [0.1, 0.15) is 44.1 Å². The van der Waals surface area contributed by atoms with Gasteiger partial charge in [0.2, 0.25) is 5.91 Å². The lowest BCUT2D eigenvalue weighted by molar-refractivity contribution is -0.119. The number of hydrogen-bond acceptors (Lipinski definition) is 4. The number of anilines is 1. The fraction of sp³-hybridized carbons (Fsp3) is 0.348. The first-order chi connectivity index (χ1) is 13.8. The first-order valence-electron chi connectivity index (χ1n) is 10.1. The van der Waals surface area contributed by atoms with Gasteiger partial charge in [0.1, 0.15) is 5.01 Å². The third-order valence-corrected chi connectivity index (χ3v) is 6.75. The molecule has 3 heterocycles. The van der Waals surface area contributed by atoms with Crippen molar-refractivity contribution in [2.45, 2.75) is 51.0 Å². The Kier molecular flexibility index (Phi) is 4.69. The fourth-order valence-electron chi connectivity index (χ4n) is 4.46. The Morgan fingerprint density at radius 2 is 1.79 bits per heavy atom. The molecule has 5 rings (SSSR count). The van der Waals surface area contributed by atoms with Crippen LogP contribution in [0.15, 0.2) is 48.1 Å². The Bertz CT molecular complexity index is 992. The van der Waals surface area contributed by atoms with Crippen molar-refractivity contribution in [3.8, 4) is 21.8 Å². The van der Waals surface area contributed by atoms with Crippen LogP contribution in [0.2, 0.25) is 0 Å². The molecule has 0 unspecified atom stereocenters. The molecule has 0 atom stereocenters. The van der Waals surface area contributed by atoms with Gasteiger partial charge >= 0.3 is 0 Å². The van der Waals surface area contributed by atoms with Crippen LogP contribution < -0.4 is 4.90 Å². The van der Waals surface area contributed by atoms with Gasteiger partial charge in [-0.3, -0.25) is 9.78 Å². The van der Waals surface area contributed by atoms with Gasteiger partial charge in [0.25, 0.3) is 0 Å². The minimum absolute atomic E-state index is 0.298. The summed E-state index contributed by atoms with van der Waals surface area (Å²) in [5.41, 5.74) is 5.65.